The Labute approximate surface area is 188 Å². The average Bonchev–Trinajstić information content (AvgIpc) is 3.25. The molecule has 0 spiro atoms. The van der Waals surface area contributed by atoms with Crippen molar-refractivity contribution in [1.29, 1.82) is 0 Å². The molecule has 1 saturated heterocycles. The van der Waals surface area contributed by atoms with E-state index in [4.69, 9.17) is 21.7 Å². The molecule has 10 heteroatoms. The number of carbonyl (C=O) groups excluding carboxylic acids is 2. The van der Waals surface area contributed by atoms with Crippen LogP contribution in [0.4, 0.5) is 5.13 Å². The molecule has 1 aliphatic rings. The maximum atomic E-state index is 12.8. The third-order valence-corrected chi connectivity index (χ3v) is 6.48. The second kappa shape index (κ2) is 10.1. The Morgan fingerprint density at radius 3 is 2.73 bits per heavy atom. The molecule has 0 radical (unpaired) electrons. The lowest BCUT2D eigenvalue weighted by atomic mass is 10.2. The molecule has 0 bridgehead atoms. The van der Waals surface area contributed by atoms with Gasteiger partial charge in [0.05, 0.1) is 24.8 Å². The minimum absolute atomic E-state index is 0.129. The van der Waals surface area contributed by atoms with Crippen LogP contribution in [0.1, 0.15) is 24.1 Å². The summed E-state index contributed by atoms with van der Waals surface area (Å²) in [5.41, 5.74) is 1.68. The van der Waals surface area contributed by atoms with Gasteiger partial charge in [-0.25, -0.2) is 4.98 Å². The van der Waals surface area contributed by atoms with Crippen LogP contribution in [0.3, 0.4) is 0 Å². The highest BCUT2D eigenvalue weighted by molar-refractivity contribution is 8.26. The molecule has 1 aromatic heterocycles. The molecule has 7 nitrogen and oxygen atoms in total. The lowest BCUT2D eigenvalue weighted by molar-refractivity contribution is -0.122. The smallest absolute Gasteiger partial charge is 0.266 e. The SMILES string of the molecule is COc1ccc(/C=C2\SC(=S)N(CCCC(=O)Nc3nc(C)cs3)C2=O)cc1OC. The maximum absolute atomic E-state index is 12.8. The van der Waals surface area contributed by atoms with Crippen LogP contribution in [0, 0.1) is 6.92 Å². The van der Waals surface area contributed by atoms with Gasteiger partial charge in [0, 0.05) is 18.3 Å². The molecule has 3 rings (SSSR count). The molecular formula is C20H21N3O4S3. The van der Waals surface area contributed by atoms with Crippen LogP contribution in [0.15, 0.2) is 28.5 Å². The normalized spacial score (nSPS) is 15.0. The number of ether oxygens (including phenoxy) is 2. The topological polar surface area (TPSA) is 80.8 Å². The predicted molar refractivity (Wildman–Crippen MR) is 124 cm³/mol. The number of carbonyl (C=O) groups is 2. The van der Waals surface area contributed by atoms with E-state index < -0.39 is 0 Å². The minimum Gasteiger partial charge on any atom is -0.493 e. The number of aryl methyl sites for hydroxylation is 1. The molecule has 2 amide bonds. The molecule has 158 valence electrons. The molecule has 2 heterocycles. The van der Waals surface area contributed by atoms with Gasteiger partial charge in [-0.2, -0.15) is 0 Å². The summed E-state index contributed by atoms with van der Waals surface area (Å²) in [6.07, 6.45) is 2.56. The van der Waals surface area contributed by atoms with Gasteiger partial charge in [0.1, 0.15) is 4.32 Å². The van der Waals surface area contributed by atoms with E-state index in [1.165, 1.54) is 28.0 Å². The zero-order chi connectivity index (χ0) is 21.7. The van der Waals surface area contributed by atoms with Crippen molar-refractivity contribution in [2.75, 3.05) is 26.1 Å². The van der Waals surface area contributed by atoms with E-state index in [0.29, 0.717) is 38.8 Å². The number of aromatic nitrogens is 1. The van der Waals surface area contributed by atoms with Crippen LogP contribution in [-0.2, 0) is 9.59 Å². The predicted octanol–water partition coefficient (Wildman–Crippen LogP) is 4.09. The Balaban J connectivity index is 1.58. The van der Waals surface area contributed by atoms with Gasteiger partial charge in [0.25, 0.3) is 5.91 Å². The van der Waals surface area contributed by atoms with Gasteiger partial charge in [-0.05, 0) is 37.1 Å². The number of thioether (sulfide) groups is 1. The minimum atomic E-state index is -0.157. The summed E-state index contributed by atoms with van der Waals surface area (Å²) in [6, 6.07) is 5.43. The molecule has 0 atom stereocenters. The quantitative estimate of drug-likeness (QED) is 0.466. The molecule has 0 aliphatic carbocycles. The second-order valence-electron chi connectivity index (χ2n) is 6.39. The molecule has 1 fully saturated rings. The highest BCUT2D eigenvalue weighted by Gasteiger charge is 2.31. The number of methoxy groups -OCH3 is 2. The van der Waals surface area contributed by atoms with E-state index >= 15 is 0 Å². The zero-order valence-electron chi connectivity index (χ0n) is 16.8. The molecule has 1 N–H and O–H groups in total. The second-order valence-corrected chi connectivity index (χ2v) is 8.93. The van der Waals surface area contributed by atoms with E-state index in [9.17, 15) is 9.59 Å². The molecule has 1 aliphatic heterocycles. The molecular weight excluding hydrogens is 442 g/mol. The number of hydrogen-bond acceptors (Lipinski definition) is 8. The average molecular weight is 464 g/mol. The van der Waals surface area contributed by atoms with Crippen LogP contribution in [-0.4, -0.2) is 46.8 Å². The van der Waals surface area contributed by atoms with E-state index in [0.717, 1.165) is 11.3 Å². The monoisotopic (exact) mass is 463 g/mol. The molecule has 0 saturated carbocycles. The van der Waals surface area contributed by atoms with Crippen LogP contribution in [0.5, 0.6) is 11.5 Å². The fraction of sp³-hybridized carbons (Fsp3) is 0.300. The number of anilines is 1. The van der Waals surface area contributed by atoms with Gasteiger partial charge in [0.2, 0.25) is 5.91 Å². The third-order valence-electron chi connectivity index (χ3n) is 4.23. The number of nitrogens with zero attached hydrogens (tertiary/aromatic N) is 2. The lowest BCUT2D eigenvalue weighted by Gasteiger charge is -2.13. The lowest BCUT2D eigenvalue weighted by Crippen LogP contribution is -2.29. The molecule has 0 unspecified atom stereocenters. The Morgan fingerprint density at radius 2 is 2.07 bits per heavy atom. The van der Waals surface area contributed by atoms with Crippen LogP contribution in [0.2, 0.25) is 0 Å². The standard InChI is InChI=1S/C20H21N3O4S3/c1-12-11-29-19(21-12)22-17(24)5-4-8-23-18(25)16(30-20(23)28)10-13-6-7-14(26-2)15(9-13)27-3/h6-7,9-11H,4-5,8H2,1-3H3,(H,21,22,24)/b16-10-. The summed E-state index contributed by atoms with van der Waals surface area (Å²) >= 11 is 8.00. The van der Waals surface area contributed by atoms with Crippen molar-refractivity contribution >= 4 is 62.7 Å². The van der Waals surface area contributed by atoms with E-state index in [-0.39, 0.29) is 18.2 Å². The van der Waals surface area contributed by atoms with E-state index in [2.05, 4.69) is 10.3 Å². The first-order valence-electron chi connectivity index (χ1n) is 9.10. The summed E-state index contributed by atoms with van der Waals surface area (Å²) in [4.78, 5) is 31.1. The largest absolute Gasteiger partial charge is 0.493 e. The first-order chi connectivity index (χ1) is 14.4. The number of hydrogen-bond donors (Lipinski definition) is 1. The summed E-state index contributed by atoms with van der Waals surface area (Å²) in [5.74, 6) is 0.919. The van der Waals surface area contributed by atoms with Gasteiger partial charge in [-0.1, -0.05) is 30.0 Å². The van der Waals surface area contributed by atoms with Crippen LogP contribution < -0.4 is 14.8 Å². The summed E-state index contributed by atoms with van der Waals surface area (Å²) < 4.78 is 11.0. The highest BCUT2D eigenvalue weighted by Crippen LogP contribution is 2.34. The zero-order valence-corrected chi connectivity index (χ0v) is 19.2. The number of thiocarbonyl (C=S) groups is 1. The van der Waals surface area contributed by atoms with Crippen LogP contribution >= 0.6 is 35.3 Å². The van der Waals surface area contributed by atoms with Gasteiger partial charge < -0.3 is 14.8 Å². The Morgan fingerprint density at radius 1 is 1.30 bits per heavy atom. The number of nitrogens with one attached hydrogen (secondary N) is 1. The number of thiazole rings is 1. The van der Waals surface area contributed by atoms with Gasteiger partial charge in [0.15, 0.2) is 16.6 Å². The Kier molecular flexibility index (Phi) is 7.46. The summed E-state index contributed by atoms with van der Waals surface area (Å²) in [6.45, 7) is 2.26. The number of amides is 2. The fourth-order valence-electron chi connectivity index (χ4n) is 2.78. The summed E-state index contributed by atoms with van der Waals surface area (Å²) in [7, 11) is 3.13. The molecule has 2 aromatic rings. The van der Waals surface area contributed by atoms with Crippen molar-refractivity contribution in [2.45, 2.75) is 19.8 Å². The van der Waals surface area contributed by atoms with Gasteiger partial charge in [-0.3, -0.25) is 14.5 Å². The van der Waals surface area contributed by atoms with Crippen molar-refractivity contribution in [3.63, 3.8) is 0 Å². The highest BCUT2D eigenvalue weighted by atomic mass is 32.2. The molecule has 1 aromatic carbocycles. The van der Waals surface area contributed by atoms with Crippen molar-refractivity contribution in [3.05, 3.63) is 39.7 Å². The van der Waals surface area contributed by atoms with Crippen molar-refractivity contribution in [2.24, 2.45) is 0 Å². The van der Waals surface area contributed by atoms with Gasteiger partial charge in [-0.15, -0.1) is 11.3 Å². The first-order valence-corrected chi connectivity index (χ1v) is 11.2. The fourth-order valence-corrected chi connectivity index (χ4v) is 4.79. The van der Waals surface area contributed by atoms with Crippen molar-refractivity contribution < 1.29 is 19.1 Å². The van der Waals surface area contributed by atoms with Crippen molar-refractivity contribution in [1.82, 2.24) is 9.88 Å². The van der Waals surface area contributed by atoms with E-state index in [1.807, 2.05) is 18.4 Å². The molecule has 30 heavy (non-hydrogen) atoms. The van der Waals surface area contributed by atoms with E-state index in [1.54, 1.807) is 32.4 Å². The Bertz CT molecular complexity index is 1000. The van der Waals surface area contributed by atoms with Crippen molar-refractivity contribution in [3.8, 4) is 11.5 Å². The number of rotatable bonds is 8. The van der Waals surface area contributed by atoms with Crippen LogP contribution in [0.25, 0.3) is 6.08 Å². The third kappa shape index (κ3) is 5.38. The van der Waals surface area contributed by atoms with Gasteiger partial charge >= 0.3 is 0 Å². The summed E-state index contributed by atoms with van der Waals surface area (Å²) in [5, 5.41) is 5.23. The first kappa shape index (κ1) is 22.3. The maximum Gasteiger partial charge on any atom is 0.266 e. The number of benzene rings is 1. The Hall–Kier alpha value is -2.43.